The van der Waals surface area contributed by atoms with E-state index in [1.54, 1.807) is 6.07 Å². The second-order valence-electron chi connectivity index (χ2n) is 5.08. The quantitative estimate of drug-likeness (QED) is 0.391. The van der Waals surface area contributed by atoms with E-state index in [1.165, 1.54) is 12.8 Å². The highest BCUT2D eigenvalue weighted by Gasteiger charge is 2.24. The molecule has 0 spiro atoms. The van der Waals surface area contributed by atoms with Crippen LogP contribution in [0.3, 0.4) is 0 Å². The maximum atomic E-state index is 12.1. The van der Waals surface area contributed by atoms with Crippen LogP contribution in [0.15, 0.2) is 17.9 Å². The summed E-state index contributed by atoms with van der Waals surface area (Å²) in [5.74, 6) is -0.401. The minimum atomic E-state index is -0.401. The Morgan fingerprint density at radius 1 is 1.47 bits per heavy atom. The largest absolute Gasteiger partial charge is 0.514 e. The molecule has 1 aromatic heterocycles. The fraction of sp³-hybridized carbons (Fsp3) is 0.467. The van der Waals surface area contributed by atoms with Gasteiger partial charge >= 0.3 is 0 Å². The molecule has 19 heavy (non-hydrogen) atoms. The van der Waals surface area contributed by atoms with Gasteiger partial charge in [-0.25, -0.2) is 0 Å². The highest BCUT2D eigenvalue weighted by atomic mass is 16.2. The topological polar surface area (TPSA) is 66.0 Å². The molecule has 1 saturated carbocycles. The van der Waals surface area contributed by atoms with Crippen molar-refractivity contribution in [3.05, 3.63) is 34.9 Å². The number of aliphatic hydroxyl groups is 1. The van der Waals surface area contributed by atoms with E-state index in [2.05, 4.69) is 4.57 Å². The number of ketones is 1. The molecule has 0 unspecified atom stereocenters. The molecule has 1 fully saturated rings. The van der Waals surface area contributed by atoms with Gasteiger partial charge in [0.2, 0.25) is 5.78 Å². The van der Waals surface area contributed by atoms with E-state index in [4.69, 9.17) is 10.4 Å². The Labute approximate surface area is 113 Å². The molecule has 0 amide bonds. The van der Waals surface area contributed by atoms with E-state index in [-0.39, 0.29) is 5.57 Å². The van der Waals surface area contributed by atoms with E-state index in [0.717, 1.165) is 24.2 Å². The Kier molecular flexibility index (Phi) is 3.75. The predicted molar refractivity (Wildman–Crippen MR) is 72.1 cm³/mol. The van der Waals surface area contributed by atoms with Crippen molar-refractivity contribution in [2.45, 2.75) is 45.6 Å². The molecule has 4 heteroatoms. The summed E-state index contributed by atoms with van der Waals surface area (Å²) in [6, 6.07) is 4.01. The van der Waals surface area contributed by atoms with Gasteiger partial charge in [-0.15, -0.1) is 0 Å². The lowest BCUT2D eigenvalue weighted by Gasteiger charge is -2.17. The summed E-state index contributed by atoms with van der Waals surface area (Å²) in [6.45, 7) is 3.89. The number of allylic oxidation sites excluding steroid dienone is 1. The maximum Gasteiger partial charge on any atom is 0.208 e. The number of rotatable bonds is 3. The normalized spacial score (nSPS) is 16.6. The van der Waals surface area contributed by atoms with Crippen molar-refractivity contribution in [2.75, 3.05) is 0 Å². The van der Waals surface area contributed by atoms with Gasteiger partial charge < -0.3 is 9.67 Å². The number of nitriles is 1. The van der Waals surface area contributed by atoms with Gasteiger partial charge in [0.05, 0.1) is 0 Å². The van der Waals surface area contributed by atoms with Gasteiger partial charge in [-0.3, -0.25) is 4.79 Å². The van der Waals surface area contributed by atoms with Crippen molar-refractivity contribution >= 4 is 5.78 Å². The lowest BCUT2D eigenvalue weighted by molar-refractivity contribution is 0.103. The zero-order chi connectivity index (χ0) is 14.0. The number of carbonyl (C=O) groups is 1. The van der Waals surface area contributed by atoms with E-state index >= 15 is 0 Å². The van der Waals surface area contributed by atoms with Gasteiger partial charge in [0, 0.05) is 23.0 Å². The first-order valence-corrected chi connectivity index (χ1v) is 6.57. The van der Waals surface area contributed by atoms with E-state index < -0.39 is 5.78 Å². The molecule has 0 aromatic carbocycles. The molecule has 1 aromatic rings. The zero-order valence-electron chi connectivity index (χ0n) is 11.3. The average molecular weight is 258 g/mol. The Balaban J connectivity index is 2.42. The standard InChI is InChI=1S/C15H18N2O2/c1-10-7-14(15(19)12(8-16)9-18)11(2)17(10)13-5-3-4-6-13/h7,9,13,18H,3-6H2,1-2H3/b12-9+. The molecule has 1 heterocycles. The molecule has 0 radical (unpaired) electrons. The van der Waals surface area contributed by atoms with Crippen LogP contribution in [0.4, 0.5) is 0 Å². The first-order valence-electron chi connectivity index (χ1n) is 6.57. The zero-order valence-corrected chi connectivity index (χ0v) is 11.3. The summed E-state index contributed by atoms with van der Waals surface area (Å²) in [4.78, 5) is 12.1. The molecular formula is C15H18N2O2. The van der Waals surface area contributed by atoms with Crippen LogP contribution < -0.4 is 0 Å². The van der Waals surface area contributed by atoms with Crippen molar-refractivity contribution in [3.8, 4) is 6.07 Å². The molecule has 0 aliphatic heterocycles. The number of carbonyl (C=O) groups excluding carboxylic acids is 1. The van der Waals surface area contributed by atoms with Crippen LogP contribution in [0.25, 0.3) is 0 Å². The molecule has 0 atom stereocenters. The van der Waals surface area contributed by atoms with Crippen molar-refractivity contribution in [1.29, 1.82) is 5.26 Å². The Morgan fingerprint density at radius 2 is 2.11 bits per heavy atom. The molecule has 1 aliphatic rings. The van der Waals surface area contributed by atoms with Crippen LogP contribution in [0.2, 0.25) is 0 Å². The van der Waals surface area contributed by atoms with Crippen LogP contribution in [-0.4, -0.2) is 15.5 Å². The smallest absolute Gasteiger partial charge is 0.208 e. The van der Waals surface area contributed by atoms with Gasteiger partial charge in [0.25, 0.3) is 0 Å². The number of hydrogen-bond acceptors (Lipinski definition) is 3. The molecule has 4 nitrogen and oxygen atoms in total. The second kappa shape index (κ2) is 5.31. The number of aryl methyl sites for hydroxylation is 1. The molecule has 1 aliphatic carbocycles. The fourth-order valence-corrected chi connectivity index (χ4v) is 3.01. The minimum absolute atomic E-state index is 0.216. The van der Waals surface area contributed by atoms with Crippen LogP contribution in [0.5, 0.6) is 0 Å². The minimum Gasteiger partial charge on any atom is -0.514 e. The van der Waals surface area contributed by atoms with E-state index in [1.807, 2.05) is 19.9 Å². The predicted octanol–water partition coefficient (Wildman–Crippen LogP) is 3.37. The molecule has 1 N–H and O–H groups in total. The Morgan fingerprint density at radius 3 is 2.63 bits per heavy atom. The number of aliphatic hydroxyl groups excluding tert-OH is 1. The second-order valence-corrected chi connectivity index (χ2v) is 5.08. The molecule has 100 valence electrons. The summed E-state index contributed by atoms with van der Waals surface area (Å²) in [5, 5.41) is 17.8. The SMILES string of the molecule is Cc1cc(C(=O)/C(C#N)=C/O)c(C)n1C1CCCC1. The highest BCUT2D eigenvalue weighted by molar-refractivity contribution is 6.12. The summed E-state index contributed by atoms with van der Waals surface area (Å²) in [6.07, 6.45) is 5.33. The molecule has 0 saturated heterocycles. The van der Waals surface area contributed by atoms with Crippen LogP contribution in [0.1, 0.15) is 53.5 Å². The van der Waals surface area contributed by atoms with Crippen LogP contribution in [0, 0.1) is 25.2 Å². The lowest BCUT2D eigenvalue weighted by atomic mass is 10.1. The maximum absolute atomic E-state index is 12.1. The molecule has 0 bridgehead atoms. The number of aromatic nitrogens is 1. The van der Waals surface area contributed by atoms with Crippen molar-refractivity contribution in [3.63, 3.8) is 0 Å². The van der Waals surface area contributed by atoms with Crippen LogP contribution >= 0.6 is 0 Å². The summed E-state index contributed by atoms with van der Waals surface area (Å²) < 4.78 is 2.20. The number of hydrogen-bond donors (Lipinski definition) is 1. The first-order chi connectivity index (χ1) is 9.10. The van der Waals surface area contributed by atoms with Gasteiger partial charge in [0.1, 0.15) is 17.9 Å². The third-order valence-corrected chi connectivity index (χ3v) is 3.91. The van der Waals surface area contributed by atoms with Gasteiger partial charge in [-0.05, 0) is 32.8 Å². The van der Waals surface area contributed by atoms with Crippen molar-refractivity contribution < 1.29 is 9.90 Å². The molecular weight excluding hydrogens is 240 g/mol. The lowest BCUT2D eigenvalue weighted by Crippen LogP contribution is -2.10. The fourth-order valence-electron chi connectivity index (χ4n) is 3.01. The Bertz CT molecular complexity index is 570. The number of Topliss-reactive ketones (excluding diaryl/α,β-unsaturated/α-hetero) is 1. The van der Waals surface area contributed by atoms with Gasteiger partial charge in [0.15, 0.2) is 0 Å². The first kappa shape index (κ1) is 13.4. The summed E-state index contributed by atoms with van der Waals surface area (Å²) in [7, 11) is 0. The highest BCUT2D eigenvalue weighted by Crippen LogP contribution is 2.33. The Hall–Kier alpha value is -2.02. The van der Waals surface area contributed by atoms with Gasteiger partial charge in [-0.2, -0.15) is 5.26 Å². The molecule has 2 rings (SSSR count). The third-order valence-electron chi connectivity index (χ3n) is 3.91. The average Bonchev–Trinajstić information content (AvgIpc) is 2.99. The van der Waals surface area contributed by atoms with Crippen LogP contribution in [-0.2, 0) is 0 Å². The van der Waals surface area contributed by atoms with E-state index in [0.29, 0.717) is 17.9 Å². The van der Waals surface area contributed by atoms with Gasteiger partial charge in [-0.1, -0.05) is 12.8 Å². The van der Waals surface area contributed by atoms with Crippen molar-refractivity contribution in [1.82, 2.24) is 4.57 Å². The monoisotopic (exact) mass is 258 g/mol. The van der Waals surface area contributed by atoms with Crippen molar-refractivity contribution in [2.24, 2.45) is 0 Å². The summed E-state index contributed by atoms with van der Waals surface area (Å²) >= 11 is 0. The third kappa shape index (κ3) is 2.28. The van der Waals surface area contributed by atoms with E-state index in [9.17, 15) is 4.79 Å². The summed E-state index contributed by atoms with van der Waals surface area (Å²) in [5.41, 5.74) is 2.24. The number of nitrogens with zero attached hydrogens (tertiary/aromatic N) is 2.